The molecule has 1 N–H and O–H groups in total. The van der Waals surface area contributed by atoms with E-state index in [0.29, 0.717) is 5.02 Å². The van der Waals surface area contributed by atoms with Crippen LogP contribution in [0.1, 0.15) is 19.4 Å². The molecule has 0 bridgehead atoms. The van der Waals surface area contributed by atoms with Crippen molar-refractivity contribution < 1.29 is 5.11 Å². The minimum Gasteiger partial charge on any atom is -0.395 e. The van der Waals surface area contributed by atoms with Crippen molar-refractivity contribution in [2.45, 2.75) is 19.3 Å². The minimum atomic E-state index is -0.222. The second kappa shape index (κ2) is 4.51. The number of hydrogen-bond acceptors (Lipinski definition) is 2. The van der Waals surface area contributed by atoms with E-state index in [1.807, 2.05) is 38.1 Å². The summed E-state index contributed by atoms with van der Waals surface area (Å²) in [6.07, 6.45) is 3.36. The zero-order chi connectivity index (χ0) is 12.5. The van der Waals surface area contributed by atoms with Crippen LogP contribution in [0, 0.1) is 0 Å². The van der Waals surface area contributed by atoms with Crippen LogP contribution in [0.4, 0.5) is 0 Å². The van der Waals surface area contributed by atoms with Crippen molar-refractivity contribution in [2.24, 2.45) is 0 Å². The molecule has 17 heavy (non-hydrogen) atoms. The highest BCUT2D eigenvalue weighted by Gasteiger charge is 2.18. The normalized spacial score (nSPS) is 11.8. The summed E-state index contributed by atoms with van der Waals surface area (Å²) in [6.45, 7) is 4.14. The summed E-state index contributed by atoms with van der Waals surface area (Å²) in [5.41, 5.74) is 1.83. The summed E-state index contributed by atoms with van der Waals surface area (Å²) in [6, 6.07) is 7.94. The van der Waals surface area contributed by atoms with Crippen LogP contribution in [0.25, 0.3) is 5.69 Å². The van der Waals surface area contributed by atoms with Crippen molar-refractivity contribution in [3.8, 4) is 5.69 Å². The van der Waals surface area contributed by atoms with Gasteiger partial charge in [-0.1, -0.05) is 37.6 Å². The van der Waals surface area contributed by atoms with Gasteiger partial charge in [0, 0.05) is 11.6 Å². The topological polar surface area (TPSA) is 38.0 Å². The molecule has 0 radical (unpaired) electrons. The van der Waals surface area contributed by atoms with Crippen molar-refractivity contribution in [1.29, 1.82) is 0 Å². The Morgan fingerprint density at radius 3 is 2.41 bits per heavy atom. The number of nitrogens with zero attached hydrogens (tertiary/aromatic N) is 2. The van der Waals surface area contributed by atoms with Crippen molar-refractivity contribution in [3.05, 3.63) is 47.2 Å². The molecular weight excluding hydrogens is 236 g/mol. The average Bonchev–Trinajstić information content (AvgIpc) is 2.76. The van der Waals surface area contributed by atoms with Crippen molar-refractivity contribution in [2.75, 3.05) is 6.61 Å². The van der Waals surface area contributed by atoms with Crippen LogP contribution < -0.4 is 0 Å². The zero-order valence-electron chi connectivity index (χ0n) is 9.89. The molecule has 2 aromatic rings. The van der Waals surface area contributed by atoms with Crippen molar-refractivity contribution in [1.82, 2.24) is 9.78 Å². The van der Waals surface area contributed by atoms with Gasteiger partial charge in [0.2, 0.25) is 0 Å². The van der Waals surface area contributed by atoms with Gasteiger partial charge in [-0.3, -0.25) is 0 Å². The van der Waals surface area contributed by atoms with E-state index in [1.54, 1.807) is 17.1 Å². The molecule has 1 aromatic carbocycles. The van der Waals surface area contributed by atoms with Gasteiger partial charge >= 0.3 is 0 Å². The molecule has 0 aliphatic rings. The van der Waals surface area contributed by atoms with E-state index in [0.717, 1.165) is 11.3 Å². The molecule has 0 amide bonds. The average molecular weight is 251 g/mol. The highest BCUT2D eigenvalue weighted by molar-refractivity contribution is 6.30. The van der Waals surface area contributed by atoms with E-state index in [2.05, 4.69) is 5.10 Å². The quantitative estimate of drug-likeness (QED) is 0.910. The summed E-state index contributed by atoms with van der Waals surface area (Å²) in [5.74, 6) is 0. The Labute approximate surface area is 106 Å². The first-order chi connectivity index (χ1) is 8.03. The fourth-order valence-electron chi connectivity index (χ4n) is 1.60. The number of aromatic nitrogens is 2. The molecule has 0 saturated carbocycles. The molecule has 1 heterocycles. The highest BCUT2D eigenvalue weighted by atomic mass is 35.5. The molecule has 4 heteroatoms. The number of halogens is 1. The third-order valence-corrected chi connectivity index (χ3v) is 3.05. The van der Waals surface area contributed by atoms with Gasteiger partial charge in [-0.25, -0.2) is 4.68 Å². The molecule has 0 saturated heterocycles. The Morgan fingerprint density at radius 2 is 1.94 bits per heavy atom. The number of aliphatic hydroxyl groups excluding tert-OH is 1. The standard InChI is InChI=1S/C13H15ClN2O/c1-13(2,9-17)10-3-5-12(6-4-10)16-8-11(14)7-15-16/h3-8,17H,9H2,1-2H3. The molecule has 0 fully saturated rings. The summed E-state index contributed by atoms with van der Waals surface area (Å²) < 4.78 is 1.72. The fraction of sp³-hybridized carbons (Fsp3) is 0.308. The van der Waals surface area contributed by atoms with Crippen LogP contribution in [0.15, 0.2) is 36.7 Å². The van der Waals surface area contributed by atoms with E-state index >= 15 is 0 Å². The van der Waals surface area contributed by atoms with Crippen molar-refractivity contribution in [3.63, 3.8) is 0 Å². The third kappa shape index (κ3) is 2.51. The SMILES string of the molecule is CC(C)(CO)c1ccc(-n2cc(Cl)cn2)cc1. The molecule has 3 nitrogen and oxygen atoms in total. The van der Waals surface area contributed by atoms with Gasteiger partial charge in [0.15, 0.2) is 0 Å². The van der Waals surface area contributed by atoms with Crippen LogP contribution in [0.5, 0.6) is 0 Å². The predicted molar refractivity (Wildman–Crippen MR) is 68.7 cm³/mol. The Morgan fingerprint density at radius 1 is 1.29 bits per heavy atom. The van der Waals surface area contributed by atoms with Gasteiger partial charge in [-0.15, -0.1) is 0 Å². The third-order valence-electron chi connectivity index (χ3n) is 2.86. The Balaban J connectivity index is 2.30. The van der Waals surface area contributed by atoms with Crippen LogP contribution in [0.3, 0.4) is 0 Å². The van der Waals surface area contributed by atoms with E-state index in [-0.39, 0.29) is 12.0 Å². The van der Waals surface area contributed by atoms with Gasteiger partial charge in [0.1, 0.15) is 0 Å². The Bertz CT molecular complexity index is 502. The fourth-order valence-corrected chi connectivity index (χ4v) is 1.73. The maximum absolute atomic E-state index is 9.30. The van der Waals surface area contributed by atoms with E-state index in [4.69, 9.17) is 11.6 Å². The van der Waals surface area contributed by atoms with Crippen molar-refractivity contribution >= 4 is 11.6 Å². The maximum Gasteiger partial charge on any atom is 0.0790 e. The van der Waals surface area contributed by atoms with Gasteiger partial charge in [0.05, 0.1) is 23.5 Å². The van der Waals surface area contributed by atoms with Gasteiger partial charge in [-0.05, 0) is 17.7 Å². The second-order valence-electron chi connectivity index (χ2n) is 4.69. The molecule has 0 unspecified atom stereocenters. The van der Waals surface area contributed by atoms with Crippen LogP contribution in [-0.2, 0) is 5.41 Å². The Hall–Kier alpha value is -1.32. The van der Waals surface area contributed by atoms with E-state index in [9.17, 15) is 5.11 Å². The van der Waals surface area contributed by atoms with Gasteiger partial charge < -0.3 is 5.11 Å². The summed E-state index contributed by atoms with van der Waals surface area (Å²) >= 11 is 5.82. The lowest BCUT2D eigenvalue weighted by Gasteiger charge is -2.22. The van der Waals surface area contributed by atoms with Crippen LogP contribution in [0.2, 0.25) is 5.02 Å². The summed E-state index contributed by atoms with van der Waals surface area (Å²) in [5, 5.41) is 14.1. The largest absolute Gasteiger partial charge is 0.395 e. The molecule has 0 aliphatic carbocycles. The van der Waals surface area contributed by atoms with E-state index < -0.39 is 0 Å². The monoisotopic (exact) mass is 250 g/mol. The number of aliphatic hydroxyl groups is 1. The zero-order valence-corrected chi connectivity index (χ0v) is 10.6. The Kier molecular flexibility index (Phi) is 3.22. The second-order valence-corrected chi connectivity index (χ2v) is 5.13. The maximum atomic E-state index is 9.30. The van der Waals surface area contributed by atoms with Crippen LogP contribution in [-0.4, -0.2) is 21.5 Å². The number of hydrogen-bond donors (Lipinski definition) is 1. The predicted octanol–water partition coefficient (Wildman–Crippen LogP) is 2.80. The summed E-state index contributed by atoms with van der Waals surface area (Å²) in [4.78, 5) is 0. The smallest absolute Gasteiger partial charge is 0.0790 e. The number of rotatable bonds is 3. The molecule has 2 rings (SSSR count). The lowest BCUT2D eigenvalue weighted by atomic mass is 9.86. The summed E-state index contributed by atoms with van der Waals surface area (Å²) in [7, 11) is 0. The van der Waals surface area contributed by atoms with Crippen LogP contribution >= 0.6 is 11.6 Å². The highest BCUT2D eigenvalue weighted by Crippen LogP contribution is 2.23. The first kappa shape index (κ1) is 12.1. The lowest BCUT2D eigenvalue weighted by molar-refractivity contribution is 0.218. The molecule has 0 spiro atoms. The lowest BCUT2D eigenvalue weighted by Crippen LogP contribution is -2.21. The molecule has 1 aromatic heterocycles. The first-order valence-corrected chi connectivity index (χ1v) is 5.83. The molecular formula is C13H15ClN2O. The molecule has 0 aliphatic heterocycles. The minimum absolute atomic E-state index is 0.125. The van der Waals surface area contributed by atoms with E-state index in [1.165, 1.54) is 0 Å². The number of benzene rings is 1. The van der Waals surface area contributed by atoms with Gasteiger partial charge in [-0.2, -0.15) is 5.10 Å². The first-order valence-electron chi connectivity index (χ1n) is 5.45. The molecule has 0 atom stereocenters. The molecule has 90 valence electrons. The van der Waals surface area contributed by atoms with Gasteiger partial charge in [0.25, 0.3) is 0 Å².